The Hall–Kier alpha value is -2.01. The van der Waals surface area contributed by atoms with E-state index in [1.165, 1.54) is 0 Å². The van der Waals surface area contributed by atoms with Crippen molar-refractivity contribution in [2.75, 3.05) is 7.05 Å². The Morgan fingerprint density at radius 3 is 3.06 bits per heavy atom. The minimum atomic E-state index is -0.341. The summed E-state index contributed by atoms with van der Waals surface area (Å²) in [5.41, 5.74) is 1.95. The quantitative estimate of drug-likeness (QED) is 0.786. The molecule has 0 radical (unpaired) electrons. The van der Waals surface area contributed by atoms with Gasteiger partial charge in [-0.1, -0.05) is 0 Å². The maximum absolute atomic E-state index is 11.3. The van der Waals surface area contributed by atoms with E-state index in [1.807, 2.05) is 25.2 Å². The van der Waals surface area contributed by atoms with Crippen molar-refractivity contribution in [3.63, 3.8) is 0 Å². The van der Waals surface area contributed by atoms with E-state index in [1.54, 1.807) is 12.4 Å². The van der Waals surface area contributed by atoms with Crippen LogP contribution in [-0.2, 0) is 6.54 Å². The minimum Gasteiger partial charge on any atom is -0.314 e. The smallest absolute Gasteiger partial charge is 0.314 e. The van der Waals surface area contributed by atoms with Crippen LogP contribution in [0.5, 0.6) is 0 Å². The van der Waals surface area contributed by atoms with Crippen molar-refractivity contribution < 1.29 is 0 Å². The summed E-state index contributed by atoms with van der Waals surface area (Å²) in [6.07, 6.45) is 3.37. The summed E-state index contributed by atoms with van der Waals surface area (Å²) < 4.78 is 0. The third-order valence-electron chi connectivity index (χ3n) is 2.12. The van der Waals surface area contributed by atoms with Gasteiger partial charge in [-0.25, -0.2) is 4.79 Å². The van der Waals surface area contributed by atoms with E-state index in [4.69, 9.17) is 0 Å². The molecule has 2 heterocycles. The van der Waals surface area contributed by atoms with Gasteiger partial charge in [-0.15, -0.1) is 0 Å². The van der Waals surface area contributed by atoms with Crippen molar-refractivity contribution in [2.45, 2.75) is 6.54 Å². The highest BCUT2D eigenvalue weighted by molar-refractivity contribution is 5.57. The highest BCUT2D eigenvalue weighted by atomic mass is 16.1. The summed E-state index contributed by atoms with van der Waals surface area (Å²) in [6, 6.07) is 5.53. The van der Waals surface area contributed by atoms with Crippen molar-refractivity contribution in [3.8, 4) is 11.3 Å². The van der Waals surface area contributed by atoms with E-state index in [2.05, 4.69) is 20.3 Å². The molecular formula is C11H12N4O. The third kappa shape index (κ3) is 2.32. The summed E-state index contributed by atoms with van der Waals surface area (Å²) in [6.45, 7) is 0.602. The highest BCUT2D eigenvalue weighted by Gasteiger charge is 2.02. The molecule has 5 heteroatoms. The molecule has 0 bridgehead atoms. The minimum absolute atomic E-state index is 0.341. The first kappa shape index (κ1) is 10.5. The molecule has 2 aromatic heterocycles. The van der Waals surface area contributed by atoms with E-state index in [9.17, 15) is 4.79 Å². The molecule has 0 aliphatic heterocycles. The molecule has 5 nitrogen and oxygen atoms in total. The zero-order valence-corrected chi connectivity index (χ0v) is 8.90. The molecule has 0 spiro atoms. The van der Waals surface area contributed by atoms with Crippen LogP contribution in [0.4, 0.5) is 0 Å². The van der Waals surface area contributed by atoms with Crippen LogP contribution in [0.15, 0.2) is 35.4 Å². The van der Waals surface area contributed by atoms with E-state index in [-0.39, 0.29) is 5.69 Å². The van der Waals surface area contributed by atoms with Crippen LogP contribution in [0.25, 0.3) is 11.3 Å². The van der Waals surface area contributed by atoms with Crippen molar-refractivity contribution in [3.05, 3.63) is 46.8 Å². The van der Waals surface area contributed by atoms with Crippen LogP contribution in [0.2, 0.25) is 0 Å². The lowest BCUT2D eigenvalue weighted by Gasteiger charge is -2.03. The fourth-order valence-electron chi connectivity index (χ4n) is 1.46. The first-order chi connectivity index (χ1) is 7.79. The Bertz CT molecular complexity index is 521. The SMILES string of the molecule is CNCc1cc(-c2cccnc2)nc(=O)[nH]1. The largest absolute Gasteiger partial charge is 0.345 e. The molecule has 0 aromatic carbocycles. The number of hydrogen-bond acceptors (Lipinski definition) is 4. The molecule has 2 aromatic rings. The summed E-state index contributed by atoms with van der Waals surface area (Å²) >= 11 is 0. The molecule has 0 fully saturated rings. The van der Waals surface area contributed by atoms with Crippen LogP contribution in [0.3, 0.4) is 0 Å². The number of aromatic amines is 1. The molecule has 2 N–H and O–H groups in total. The first-order valence-corrected chi connectivity index (χ1v) is 4.95. The number of hydrogen-bond donors (Lipinski definition) is 2. The Kier molecular flexibility index (Phi) is 3.07. The zero-order valence-electron chi connectivity index (χ0n) is 8.90. The second kappa shape index (κ2) is 4.67. The van der Waals surface area contributed by atoms with Gasteiger partial charge in [0.25, 0.3) is 0 Å². The Balaban J connectivity index is 2.45. The summed E-state index contributed by atoms with van der Waals surface area (Å²) in [5, 5.41) is 2.98. The Morgan fingerprint density at radius 2 is 2.38 bits per heavy atom. The van der Waals surface area contributed by atoms with Crippen LogP contribution in [0, 0.1) is 0 Å². The molecule has 0 saturated carbocycles. The predicted octanol–water partition coefficient (Wildman–Crippen LogP) is 0.551. The molecule has 2 rings (SSSR count). The zero-order chi connectivity index (χ0) is 11.4. The molecule has 82 valence electrons. The van der Waals surface area contributed by atoms with Gasteiger partial charge in [0, 0.05) is 30.2 Å². The summed E-state index contributed by atoms with van der Waals surface area (Å²) in [4.78, 5) is 21.9. The number of rotatable bonds is 3. The van der Waals surface area contributed by atoms with Crippen molar-refractivity contribution in [1.29, 1.82) is 0 Å². The van der Waals surface area contributed by atoms with E-state index in [0.29, 0.717) is 12.2 Å². The van der Waals surface area contributed by atoms with E-state index in [0.717, 1.165) is 11.3 Å². The van der Waals surface area contributed by atoms with Crippen molar-refractivity contribution in [1.82, 2.24) is 20.3 Å². The van der Waals surface area contributed by atoms with Gasteiger partial charge in [0.15, 0.2) is 0 Å². The molecule has 0 aliphatic rings. The third-order valence-corrected chi connectivity index (χ3v) is 2.12. The lowest BCUT2D eigenvalue weighted by Crippen LogP contribution is -2.17. The Morgan fingerprint density at radius 1 is 1.50 bits per heavy atom. The van der Waals surface area contributed by atoms with Crippen LogP contribution < -0.4 is 11.0 Å². The second-order valence-electron chi connectivity index (χ2n) is 3.37. The van der Waals surface area contributed by atoms with Gasteiger partial charge in [-0.05, 0) is 25.2 Å². The van der Waals surface area contributed by atoms with Crippen LogP contribution in [0.1, 0.15) is 5.69 Å². The van der Waals surface area contributed by atoms with Gasteiger partial charge in [0.05, 0.1) is 5.69 Å². The van der Waals surface area contributed by atoms with E-state index >= 15 is 0 Å². The number of nitrogens with one attached hydrogen (secondary N) is 2. The topological polar surface area (TPSA) is 70.7 Å². The van der Waals surface area contributed by atoms with Gasteiger partial charge in [-0.2, -0.15) is 4.98 Å². The van der Waals surface area contributed by atoms with Crippen LogP contribution >= 0.6 is 0 Å². The molecule has 0 saturated heterocycles. The molecular weight excluding hydrogens is 204 g/mol. The number of aromatic nitrogens is 3. The Labute approximate surface area is 92.6 Å². The van der Waals surface area contributed by atoms with Gasteiger partial charge >= 0.3 is 5.69 Å². The number of nitrogens with zero attached hydrogens (tertiary/aromatic N) is 2. The lowest BCUT2D eigenvalue weighted by molar-refractivity contribution is 0.779. The van der Waals surface area contributed by atoms with Crippen molar-refractivity contribution in [2.24, 2.45) is 0 Å². The first-order valence-electron chi connectivity index (χ1n) is 4.95. The molecule has 0 aliphatic carbocycles. The monoisotopic (exact) mass is 216 g/mol. The van der Waals surface area contributed by atoms with Gasteiger partial charge in [0.1, 0.15) is 0 Å². The molecule has 0 unspecified atom stereocenters. The number of pyridine rings is 1. The molecule has 16 heavy (non-hydrogen) atoms. The highest BCUT2D eigenvalue weighted by Crippen LogP contribution is 2.13. The normalized spacial score (nSPS) is 10.3. The van der Waals surface area contributed by atoms with Crippen LogP contribution in [-0.4, -0.2) is 22.0 Å². The van der Waals surface area contributed by atoms with E-state index < -0.39 is 0 Å². The maximum Gasteiger partial charge on any atom is 0.345 e. The molecule has 0 atom stereocenters. The fraction of sp³-hybridized carbons (Fsp3) is 0.182. The van der Waals surface area contributed by atoms with Crippen molar-refractivity contribution >= 4 is 0 Å². The van der Waals surface area contributed by atoms with Gasteiger partial charge in [0.2, 0.25) is 0 Å². The van der Waals surface area contributed by atoms with Gasteiger partial charge < -0.3 is 10.3 Å². The average molecular weight is 216 g/mol. The maximum atomic E-state index is 11.3. The van der Waals surface area contributed by atoms with Gasteiger partial charge in [-0.3, -0.25) is 4.98 Å². The average Bonchev–Trinajstić information content (AvgIpc) is 2.30. The molecule has 0 amide bonds. The lowest BCUT2D eigenvalue weighted by atomic mass is 10.2. The fourth-order valence-corrected chi connectivity index (χ4v) is 1.46. The second-order valence-corrected chi connectivity index (χ2v) is 3.37. The standard InChI is InChI=1S/C11H12N4O/c1-12-7-9-5-10(15-11(16)14-9)8-3-2-4-13-6-8/h2-6,12H,7H2,1H3,(H,14,15,16). The predicted molar refractivity (Wildman–Crippen MR) is 60.9 cm³/mol. The summed E-state index contributed by atoms with van der Waals surface area (Å²) in [7, 11) is 1.82. The summed E-state index contributed by atoms with van der Waals surface area (Å²) in [5.74, 6) is 0. The number of H-pyrrole nitrogens is 1.